The average Bonchev–Trinajstić information content (AvgIpc) is 3.22. The van der Waals surface area contributed by atoms with E-state index in [1.807, 2.05) is 7.05 Å². The minimum absolute atomic E-state index is 0.472. The number of nitrogens with zero attached hydrogens (tertiary/aromatic N) is 5. The van der Waals surface area contributed by atoms with Crippen LogP contribution in [0.4, 0.5) is 0 Å². The van der Waals surface area contributed by atoms with Crippen molar-refractivity contribution in [1.29, 1.82) is 0 Å². The molecule has 1 aromatic heterocycles. The first-order valence-corrected chi connectivity index (χ1v) is 9.36. The predicted octanol–water partition coefficient (Wildman–Crippen LogP) is 0.246. The monoisotopic (exact) mass is 349 g/mol. The van der Waals surface area contributed by atoms with Crippen molar-refractivity contribution in [3.05, 3.63) is 11.6 Å². The van der Waals surface area contributed by atoms with E-state index in [1.165, 1.54) is 6.42 Å². The molecular formula is C17H31N7O. The fraction of sp³-hybridized carbons (Fsp3) is 0.824. The third-order valence-electron chi connectivity index (χ3n) is 5.09. The van der Waals surface area contributed by atoms with Gasteiger partial charge in [0, 0.05) is 45.7 Å². The van der Waals surface area contributed by atoms with E-state index < -0.39 is 0 Å². The molecule has 2 aliphatic rings. The van der Waals surface area contributed by atoms with Gasteiger partial charge in [0.15, 0.2) is 11.8 Å². The minimum atomic E-state index is 0.472. The summed E-state index contributed by atoms with van der Waals surface area (Å²) in [6.45, 7) is 10.8. The molecule has 140 valence electrons. The molecule has 3 rings (SSSR count). The Morgan fingerprint density at radius 2 is 2.00 bits per heavy atom. The summed E-state index contributed by atoms with van der Waals surface area (Å²) in [5.74, 6) is 3.48. The minimum Gasteiger partial charge on any atom is -0.379 e. The second-order valence-corrected chi connectivity index (χ2v) is 7.05. The molecule has 0 saturated carbocycles. The second kappa shape index (κ2) is 8.62. The highest BCUT2D eigenvalue weighted by Crippen LogP contribution is 2.14. The van der Waals surface area contributed by atoms with Crippen LogP contribution in [0.5, 0.6) is 0 Å². The van der Waals surface area contributed by atoms with Crippen LogP contribution >= 0.6 is 0 Å². The maximum Gasteiger partial charge on any atom is 0.191 e. The molecule has 3 heterocycles. The van der Waals surface area contributed by atoms with Gasteiger partial charge in [-0.1, -0.05) is 13.8 Å². The molecule has 1 atom stereocenters. The zero-order valence-electron chi connectivity index (χ0n) is 15.7. The van der Waals surface area contributed by atoms with Gasteiger partial charge in [-0.15, -0.1) is 10.2 Å². The van der Waals surface area contributed by atoms with E-state index in [9.17, 15) is 0 Å². The smallest absolute Gasteiger partial charge is 0.191 e. The summed E-state index contributed by atoms with van der Waals surface area (Å²) < 4.78 is 7.69. The lowest BCUT2D eigenvalue weighted by atomic mass is 10.0. The van der Waals surface area contributed by atoms with Gasteiger partial charge in [-0.25, -0.2) is 0 Å². The summed E-state index contributed by atoms with van der Waals surface area (Å²) in [5, 5.41) is 15.4. The predicted molar refractivity (Wildman–Crippen MR) is 97.6 cm³/mol. The third-order valence-corrected chi connectivity index (χ3v) is 5.09. The number of hydrogen-bond donors (Lipinski definition) is 2. The number of aromatic nitrogens is 3. The van der Waals surface area contributed by atoms with Crippen molar-refractivity contribution in [3.63, 3.8) is 0 Å². The second-order valence-electron chi connectivity index (χ2n) is 7.05. The zero-order valence-corrected chi connectivity index (χ0v) is 15.7. The van der Waals surface area contributed by atoms with Gasteiger partial charge in [-0.2, -0.15) is 0 Å². The van der Waals surface area contributed by atoms with Crippen molar-refractivity contribution >= 4 is 5.96 Å². The van der Waals surface area contributed by atoms with E-state index in [-0.39, 0.29) is 0 Å². The maximum atomic E-state index is 5.48. The molecule has 8 heteroatoms. The molecule has 1 unspecified atom stereocenters. The third kappa shape index (κ3) is 4.49. The number of rotatable bonds is 6. The van der Waals surface area contributed by atoms with Gasteiger partial charge in [0.2, 0.25) is 0 Å². The summed E-state index contributed by atoms with van der Waals surface area (Å²) in [7, 11) is 1.81. The Balaban J connectivity index is 1.50. The van der Waals surface area contributed by atoms with Gasteiger partial charge in [-0.05, 0) is 12.3 Å². The van der Waals surface area contributed by atoms with Crippen LogP contribution in [0.3, 0.4) is 0 Å². The fourth-order valence-corrected chi connectivity index (χ4v) is 3.62. The molecule has 25 heavy (non-hydrogen) atoms. The quantitative estimate of drug-likeness (QED) is 0.566. The zero-order chi connectivity index (χ0) is 17.6. The summed E-state index contributed by atoms with van der Waals surface area (Å²) >= 11 is 0. The van der Waals surface area contributed by atoms with Gasteiger partial charge in [-0.3, -0.25) is 9.89 Å². The molecule has 2 N–H and O–H groups in total. The van der Waals surface area contributed by atoms with Crippen molar-refractivity contribution in [3.8, 4) is 0 Å². The first-order chi connectivity index (χ1) is 12.2. The van der Waals surface area contributed by atoms with Crippen LogP contribution in [0.25, 0.3) is 0 Å². The highest BCUT2D eigenvalue weighted by atomic mass is 16.5. The van der Waals surface area contributed by atoms with Crippen molar-refractivity contribution in [2.24, 2.45) is 10.9 Å². The Kier molecular flexibility index (Phi) is 6.25. The number of guanidine groups is 1. The lowest BCUT2D eigenvalue weighted by Gasteiger charge is -2.37. The van der Waals surface area contributed by atoms with Crippen molar-refractivity contribution < 1.29 is 4.74 Å². The van der Waals surface area contributed by atoms with Crippen molar-refractivity contribution in [1.82, 2.24) is 30.3 Å². The number of nitrogens with one attached hydrogen (secondary N) is 2. The number of hydrogen-bond acceptors (Lipinski definition) is 5. The lowest BCUT2D eigenvalue weighted by molar-refractivity contribution is 0.00752. The van der Waals surface area contributed by atoms with Gasteiger partial charge < -0.3 is 19.9 Å². The summed E-state index contributed by atoms with van der Waals surface area (Å²) in [5.41, 5.74) is 0. The molecular weight excluding hydrogens is 318 g/mol. The molecule has 8 nitrogen and oxygen atoms in total. The number of morpholine rings is 1. The van der Waals surface area contributed by atoms with Crippen LogP contribution in [0.15, 0.2) is 4.99 Å². The highest BCUT2D eigenvalue weighted by molar-refractivity contribution is 5.79. The number of aryl methyl sites for hydroxylation is 1. The van der Waals surface area contributed by atoms with Crippen LogP contribution in [-0.4, -0.2) is 71.6 Å². The van der Waals surface area contributed by atoms with E-state index >= 15 is 0 Å². The van der Waals surface area contributed by atoms with Crippen LogP contribution in [0.1, 0.15) is 31.9 Å². The number of ether oxygens (including phenoxy) is 1. The molecule has 0 amide bonds. The Morgan fingerprint density at radius 3 is 2.72 bits per heavy atom. The molecule has 1 fully saturated rings. The Hall–Kier alpha value is -1.67. The van der Waals surface area contributed by atoms with Crippen LogP contribution in [0.2, 0.25) is 0 Å². The normalized spacial score (nSPS) is 19.9. The highest BCUT2D eigenvalue weighted by Gasteiger charge is 2.24. The largest absolute Gasteiger partial charge is 0.379 e. The van der Waals surface area contributed by atoms with Crippen LogP contribution < -0.4 is 10.6 Å². The summed E-state index contributed by atoms with van der Waals surface area (Å²) in [4.78, 5) is 6.86. The van der Waals surface area contributed by atoms with E-state index in [1.54, 1.807) is 0 Å². The summed E-state index contributed by atoms with van der Waals surface area (Å²) in [6.07, 6.45) is 2.20. The molecule has 1 aromatic rings. The summed E-state index contributed by atoms with van der Waals surface area (Å²) in [6, 6.07) is 0.472. The van der Waals surface area contributed by atoms with E-state index in [0.29, 0.717) is 18.5 Å². The molecule has 0 radical (unpaired) electrons. The molecule has 2 aliphatic heterocycles. The molecule has 0 bridgehead atoms. The molecule has 0 spiro atoms. The first kappa shape index (κ1) is 18.1. The van der Waals surface area contributed by atoms with Crippen molar-refractivity contribution in [2.75, 3.05) is 39.9 Å². The average molecular weight is 349 g/mol. The topological polar surface area (TPSA) is 79.6 Å². The van der Waals surface area contributed by atoms with Gasteiger partial charge >= 0.3 is 0 Å². The van der Waals surface area contributed by atoms with Gasteiger partial charge in [0.05, 0.1) is 19.8 Å². The molecule has 0 aliphatic carbocycles. The first-order valence-electron chi connectivity index (χ1n) is 9.36. The van der Waals surface area contributed by atoms with Gasteiger partial charge in [0.1, 0.15) is 5.82 Å². The number of aliphatic imine (C=N–C) groups is 1. The van der Waals surface area contributed by atoms with Crippen LogP contribution in [0, 0.1) is 5.92 Å². The Bertz CT molecular complexity index is 578. The lowest BCUT2D eigenvalue weighted by Crippen LogP contribution is -2.52. The van der Waals surface area contributed by atoms with Crippen LogP contribution in [-0.2, 0) is 24.2 Å². The van der Waals surface area contributed by atoms with E-state index in [0.717, 1.165) is 63.4 Å². The van der Waals surface area contributed by atoms with E-state index in [4.69, 9.17) is 4.74 Å². The Morgan fingerprint density at radius 1 is 1.20 bits per heavy atom. The molecule has 1 saturated heterocycles. The maximum absolute atomic E-state index is 5.48. The standard InChI is InChI=1S/C17H31N7O/c1-13(2)14(23-7-9-25-10-8-23)11-19-17(18-3)20-12-16-22-21-15-5-4-6-24(15)16/h13-14H,4-12H2,1-3H3,(H2,18,19,20). The van der Waals surface area contributed by atoms with Gasteiger partial charge in [0.25, 0.3) is 0 Å². The fourth-order valence-electron chi connectivity index (χ4n) is 3.62. The SMILES string of the molecule is CN=C(NCc1nnc2n1CCC2)NCC(C(C)C)N1CCOCC1. The molecule has 0 aromatic carbocycles. The van der Waals surface area contributed by atoms with E-state index in [2.05, 4.69) is 49.1 Å². The number of fused-ring (bicyclic) bond motifs is 1. The Labute approximate surface area is 150 Å². The van der Waals surface area contributed by atoms with Crippen molar-refractivity contribution in [2.45, 2.75) is 45.8 Å².